The molecule has 22 heavy (non-hydrogen) atoms. The molecule has 5 rings (SSSR count). The van der Waals surface area contributed by atoms with Gasteiger partial charge in [-0.15, -0.1) is 10.2 Å². The van der Waals surface area contributed by atoms with E-state index in [9.17, 15) is 9.18 Å². The van der Waals surface area contributed by atoms with Gasteiger partial charge >= 0.3 is 0 Å². The molecule has 5 nitrogen and oxygen atoms in total. The number of hydrogen-bond acceptors (Lipinski definition) is 4. The molecule has 0 amide bonds. The van der Waals surface area contributed by atoms with Crippen LogP contribution >= 0.6 is 0 Å². The largest absolute Gasteiger partial charge is 0.365 e. The van der Waals surface area contributed by atoms with Crippen molar-refractivity contribution in [2.45, 2.75) is 25.3 Å². The molecule has 1 N–H and O–H groups in total. The van der Waals surface area contributed by atoms with Crippen LogP contribution in [0.4, 0.5) is 4.39 Å². The molecule has 0 bridgehead atoms. The Morgan fingerprint density at radius 2 is 2.18 bits per heavy atom. The van der Waals surface area contributed by atoms with Crippen LogP contribution in [0.5, 0.6) is 0 Å². The molecular formula is C16H13FN4O. The highest BCUT2D eigenvalue weighted by molar-refractivity contribution is 6.10. The SMILES string of the molecule is C[C@]12CCCN1C=c1nnc(=O)c3cc(F)cc4[nH]c2c1c43. The number of nitrogens with one attached hydrogen (secondary N) is 1. The summed E-state index contributed by atoms with van der Waals surface area (Å²) in [6.45, 7) is 3.12. The van der Waals surface area contributed by atoms with E-state index in [1.54, 1.807) is 0 Å². The first-order valence-corrected chi connectivity index (χ1v) is 7.39. The van der Waals surface area contributed by atoms with Crippen LogP contribution in [0.15, 0.2) is 16.9 Å². The fraction of sp³-hybridized carbons (Fsp3) is 0.312. The van der Waals surface area contributed by atoms with E-state index in [0.717, 1.165) is 35.9 Å². The zero-order valence-corrected chi connectivity index (χ0v) is 12.0. The predicted octanol–water partition coefficient (Wildman–Crippen LogP) is 1.39. The summed E-state index contributed by atoms with van der Waals surface area (Å²) in [4.78, 5) is 17.8. The van der Waals surface area contributed by atoms with E-state index in [1.807, 2.05) is 6.20 Å². The van der Waals surface area contributed by atoms with Crippen molar-refractivity contribution < 1.29 is 4.39 Å². The van der Waals surface area contributed by atoms with E-state index in [0.29, 0.717) is 10.9 Å². The maximum absolute atomic E-state index is 13.9. The summed E-state index contributed by atoms with van der Waals surface area (Å²) in [5, 5.41) is 10.5. The molecule has 110 valence electrons. The molecule has 1 aromatic carbocycles. The number of nitrogens with zero attached hydrogens (tertiary/aromatic N) is 3. The molecule has 1 fully saturated rings. The van der Waals surface area contributed by atoms with E-state index >= 15 is 0 Å². The van der Waals surface area contributed by atoms with Crippen molar-refractivity contribution in [3.05, 3.63) is 39.3 Å². The lowest BCUT2D eigenvalue weighted by Gasteiger charge is -2.36. The number of H-pyrrole nitrogens is 1. The number of halogens is 1. The summed E-state index contributed by atoms with van der Waals surface area (Å²) >= 11 is 0. The van der Waals surface area contributed by atoms with Crippen LogP contribution in [0.1, 0.15) is 25.5 Å². The molecule has 6 heteroatoms. The minimum Gasteiger partial charge on any atom is -0.365 e. The molecule has 0 spiro atoms. The van der Waals surface area contributed by atoms with E-state index in [1.165, 1.54) is 12.1 Å². The second-order valence-corrected chi connectivity index (χ2v) is 6.34. The molecule has 1 atom stereocenters. The lowest BCUT2D eigenvalue weighted by atomic mass is 9.90. The Labute approximate surface area is 124 Å². The van der Waals surface area contributed by atoms with Gasteiger partial charge in [0.05, 0.1) is 22.1 Å². The second-order valence-electron chi connectivity index (χ2n) is 6.34. The summed E-state index contributed by atoms with van der Waals surface area (Å²) < 4.78 is 13.9. The lowest BCUT2D eigenvalue weighted by Crippen LogP contribution is -2.40. The van der Waals surface area contributed by atoms with Gasteiger partial charge in [-0.3, -0.25) is 4.79 Å². The molecule has 4 heterocycles. The van der Waals surface area contributed by atoms with Crippen molar-refractivity contribution in [1.29, 1.82) is 0 Å². The van der Waals surface area contributed by atoms with Gasteiger partial charge in [0, 0.05) is 23.5 Å². The van der Waals surface area contributed by atoms with Gasteiger partial charge in [-0.1, -0.05) is 0 Å². The van der Waals surface area contributed by atoms with Gasteiger partial charge in [-0.05, 0) is 31.9 Å². The van der Waals surface area contributed by atoms with E-state index in [4.69, 9.17) is 0 Å². The maximum Gasteiger partial charge on any atom is 0.296 e. The minimum absolute atomic E-state index is 0.158. The van der Waals surface area contributed by atoms with Crippen molar-refractivity contribution in [2.24, 2.45) is 0 Å². The smallest absolute Gasteiger partial charge is 0.296 e. The Morgan fingerprint density at radius 3 is 3.05 bits per heavy atom. The summed E-state index contributed by atoms with van der Waals surface area (Å²) in [7, 11) is 0. The number of aromatic nitrogens is 3. The van der Waals surface area contributed by atoms with Crippen molar-refractivity contribution in [2.75, 3.05) is 6.54 Å². The van der Waals surface area contributed by atoms with Gasteiger partial charge in [0.1, 0.15) is 11.2 Å². The number of benzene rings is 1. The van der Waals surface area contributed by atoms with E-state index < -0.39 is 11.4 Å². The minimum atomic E-state index is -0.494. The maximum atomic E-state index is 13.9. The Morgan fingerprint density at radius 1 is 1.32 bits per heavy atom. The summed E-state index contributed by atoms with van der Waals surface area (Å²) in [5.41, 5.74) is 1.00. The highest BCUT2D eigenvalue weighted by Gasteiger charge is 2.41. The van der Waals surface area contributed by atoms with E-state index in [2.05, 4.69) is 27.0 Å². The van der Waals surface area contributed by atoms with Crippen LogP contribution in [0.3, 0.4) is 0 Å². The monoisotopic (exact) mass is 296 g/mol. The predicted molar refractivity (Wildman–Crippen MR) is 80.6 cm³/mol. The van der Waals surface area contributed by atoms with Gasteiger partial charge in [0.15, 0.2) is 0 Å². The first-order valence-electron chi connectivity index (χ1n) is 7.39. The molecule has 0 saturated carbocycles. The van der Waals surface area contributed by atoms with Crippen LogP contribution in [-0.4, -0.2) is 26.6 Å². The average molecular weight is 296 g/mol. The van der Waals surface area contributed by atoms with Crippen LogP contribution in [-0.2, 0) is 5.54 Å². The van der Waals surface area contributed by atoms with Crippen molar-refractivity contribution in [3.8, 4) is 0 Å². The van der Waals surface area contributed by atoms with Gasteiger partial charge in [0.2, 0.25) is 0 Å². The third kappa shape index (κ3) is 1.26. The molecule has 1 saturated heterocycles. The molecule has 0 aliphatic carbocycles. The Hall–Kier alpha value is -2.50. The molecular weight excluding hydrogens is 283 g/mol. The van der Waals surface area contributed by atoms with E-state index in [-0.39, 0.29) is 10.9 Å². The number of aromatic amines is 1. The summed E-state index contributed by atoms with van der Waals surface area (Å²) in [6.07, 6.45) is 4.09. The van der Waals surface area contributed by atoms with Crippen LogP contribution in [0.2, 0.25) is 0 Å². The average Bonchev–Trinajstić information content (AvgIpc) is 3.00. The normalized spacial score (nSPS) is 23.1. The Balaban J connectivity index is 2.13. The van der Waals surface area contributed by atoms with Gasteiger partial charge < -0.3 is 9.88 Å². The fourth-order valence-corrected chi connectivity index (χ4v) is 4.03. The first kappa shape index (κ1) is 12.1. The molecule has 2 aliphatic rings. The van der Waals surface area contributed by atoms with Gasteiger partial charge in [0.25, 0.3) is 5.56 Å². The first-order chi connectivity index (χ1) is 10.6. The highest BCUT2D eigenvalue weighted by atomic mass is 19.1. The third-order valence-electron chi connectivity index (χ3n) is 5.11. The Kier molecular flexibility index (Phi) is 1.99. The van der Waals surface area contributed by atoms with Crippen molar-refractivity contribution in [1.82, 2.24) is 20.1 Å². The van der Waals surface area contributed by atoms with Crippen LogP contribution in [0.25, 0.3) is 27.9 Å². The summed E-state index contributed by atoms with van der Waals surface area (Å²) in [5.74, 6) is -0.439. The zero-order valence-electron chi connectivity index (χ0n) is 12.0. The number of rotatable bonds is 0. The Bertz CT molecular complexity index is 1070. The fourth-order valence-electron chi connectivity index (χ4n) is 4.03. The van der Waals surface area contributed by atoms with Crippen molar-refractivity contribution in [3.63, 3.8) is 0 Å². The van der Waals surface area contributed by atoms with Crippen molar-refractivity contribution >= 4 is 27.9 Å². The van der Waals surface area contributed by atoms with Crippen LogP contribution < -0.4 is 10.9 Å². The molecule has 2 aromatic heterocycles. The lowest BCUT2D eigenvalue weighted by molar-refractivity contribution is 0.245. The second kappa shape index (κ2) is 3.63. The molecule has 0 unspecified atom stereocenters. The van der Waals surface area contributed by atoms with Crippen LogP contribution in [0, 0.1) is 5.82 Å². The standard InChI is InChI=1S/C16H13FN4O/c1-16-3-2-4-21(16)7-11-13-12-9(15(22)20-19-11)5-8(17)6-10(12)18-14(13)16/h5-7,18H,2-4H2,1H3/t16-/m1/s1. The molecule has 2 aliphatic heterocycles. The topological polar surface area (TPSA) is 61.9 Å². The quantitative estimate of drug-likeness (QED) is 0.681. The number of fused-ring (bicyclic) bond motifs is 2. The van der Waals surface area contributed by atoms with Gasteiger partial charge in [-0.25, -0.2) is 4.39 Å². The molecule has 0 radical (unpaired) electrons. The molecule has 3 aromatic rings. The highest BCUT2D eigenvalue weighted by Crippen LogP contribution is 2.43. The van der Waals surface area contributed by atoms with Gasteiger partial charge in [-0.2, -0.15) is 0 Å². The third-order valence-corrected chi connectivity index (χ3v) is 5.11. The summed E-state index contributed by atoms with van der Waals surface area (Å²) in [6, 6.07) is 2.69. The zero-order chi connectivity index (χ0) is 15.1. The number of hydrogen-bond donors (Lipinski definition) is 1.